The average molecular weight is 389 g/mol. The first-order valence-electron chi connectivity index (χ1n) is 10.7. The number of carbonyl (C=O) groups is 1. The maximum Gasteiger partial charge on any atom is 0.338 e. The van der Waals surface area contributed by atoms with Gasteiger partial charge in [-0.15, -0.1) is 6.58 Å². The summed E-state index contributed by atoms with van der Waals surface area (Å²) in [6.45, 7) is 10.0. The normalized spacial score (nSPS) is 25.8. The van der Waals surface area contributed by atoms with Gasteiger partial charge in [0, 0.05) is 0 Å². The van der Waals surface area contributed by atoms with Gasteiger partial charge in [0.15, 0.2) is 12.4 Å². The Hall–Kier alpha value is -1.65. The summed E-state index contributed by atoms with van der Waals surface area (Å²) in [4.78, 5) is 12.5. The Bertz CT molecular complexity index is 586. The molecule has 1 aliphatic rings. The predicted octanol–water partition coefficient (Wildman–Crippen LogP) is 5.91. The van der Waals surface area contributed by atoms with Crippen LogP contribution in [0.1, 0.15) is 76.1 Å². The largest absolute Gasteiger partial charge is 0.453 e. The van der Waals surface area contributed by atoms with Crippen molar-refractivity contribution in [2.45, 2.75) is 90.3 Å². The van der Waals surface area contributed by atoms with Crippen molar-refractivity contribution in [1.82, 2.24) is 0 Å². The van der Waals surface area contributed by atoms with E-state index in [2.05, 4.69) is 27.4 Å². The standard InChI is InChI=1S/C24H36O4/c1-5-6-7-8-9-11-14-19(3)26-24-22(17-18(2)20(4)27-24)28-23(25)21-15-12-10-13-16-21/h5,10,12-13,15-16,18-20,22,24H,1,6-9,11,14,17H2,2-4H3/t18-,19?,20?,22?,24-/m1/s1. The topological polar surface area (TPSA) is 44.8 Å². The average Bonchev–Trinajstić information content (AvgIpc) is 2.69. The van der Waals surface area contributed by atoms with Gasteiger partial charge in [-0.3, -0.25) is 0 Å². The van der Waals surface area contributed by atoms with Crippen LogP contribution in [0.2, 0.25) is 0 Å². The predicted molar refractivity (Wildman–Crippen MR) is 112 cm³/mol. The molecule has 156 valence electrons. The SMILES string of the molecule is C=CCCCCCCC(C)O[C@@H]1OC(C)[C@H](C)CC1OC(=O)c1ccccc1. The first-order chi connectivity index (χ1) is 13.5. The number of carbonyl (C=O) groups excluding carboxylic acids is 1. The Balaban J connectivity index is 1.85. The maximum absolute atomic E-state index is 12.5. The van der Waals surface area contributed by atoms with Crippen LogP contribution in [-0.2, 0) is 14.2 Å². The molecule has 28 heavy (non-hydrogen) atoms. The number of unbranched alkanes of at least 4 members (excludes halogenated alkanes) is 4. The number of ether oxygens (including phenoxy) is 3. The maximum atomic E-state index is 12.5. The lowest BCUT2D eigenvalue weighted by atomic mass is 9.95. The molecule has 0 aliphatic carbocycles. The number of hydrogen-bond acceptors (Lipinski definition) is 4. The van der Waals surface area contributed by atoms with Crippen LogP contribution in [0.4, 0.5) is 0 Å². The van der Waals surface area contributed by atoms with Crippen LogP contribution in [0, 0.1) is 5.92 Å². The van der Waals surface area contributed by atoms with Crippen LogP contribution in [0.15, 0.2) is 43.0 Å². The smallest absolute Gasteiger partial charge is 0.338 e. The molecule has 2 rings (SSSR count). The second-order valence-electron chi connectivity index (χ2n) is 7.96. The van der Waals surface area contributed by atoms with E-state index in [4.69, 9.17) is 14.2 Å². The van der Waals surface area contributed by atoms with E-state index in [1.165, 1.54) is 19.3 Å². The first-order valence-corrected chi connectivity index (χ1v) is 10.7. The van der Waals surface area contributed by atoms with Crippen molar-refractivity contribution in [3.8, 4) is 0 Å². The first kappa shape index (κ1) is 22.6. The Morgan fingerprint density at radius 3 is 2.64 bits per heavy atom. The van der Waals surface area contributed by atoms with Crippen molar-refractivity contribution in [2.75, 3.05) is 0 Å². The fourth-order valence-corrected chi connectivity index (χ4v) is 3.48. The van der Waals surface area contributed by atoms with Gasteiger partial charge in [-0.2, -0.15) is 0 Å². The summed E-state index contributed by atoms with van der Waals surface area (Å²) in [6, 6.07) is 9.09. The molecular weight excluding hydrogens is 352 g/mol. The van der Waals surface area contributed by atoms with Gasteiger partial charge >= 0.3 is 5.97 Å². The van der Waals surface area contributed by atoms with Crippen molar-refractivity contribution in [2.24, 2.45) is 5.92 Å². The second kappa shape index (κ2) is 12.0. The molecule has 1 aromatic rings. The van der Waals surface area contributed by atoms with Crippen LogP contribution in [0.25, 0.3) is 0 Å². The molecule has 0 spiro atoms. The molecule has 3 unspecified atom stereocenters. The van der Waals surface area contributed by atoms with Crippen LogP contribution < -0.4 is 0 Å². The van der Waals surface area contributed by atoms with Gasteiger partial charge in [-0.25, -0.2) is 4.79 Å². The van der Waals surface area contributed by atoms with Gasteiger partial charge in [0.1, 0.15) is 0 Å². The summed E-state index contributed by atoms with van der Waals surface area (Å²) in [6.07, 6.45) is 8.84. The van der Waals surface area contributed by atoms with E-state index < -0.39 is 6.29 Å². The Labute approximate surface area is 170 Å². The number of esters is 1. The molecule has 0 amide bonds. The number of rotatable bonds is 11. The minimum absolute atomic E-state index is 0.0722. The Morgan fingerprint density at radius 1 is 1.21 bits per heavy atom. The molecular formula is C24H36O4. The van der Waals surface area contributed by atoms with E-state index in [-0.39, 0.29) is 24.3 Å². The number of benzene rings is 1. The van der Waals surface area contributed by atoms with Gasteiger partial charge in [0.05, 0.1) is 17.8 Å². The lowest BCUT2D eigenvalue weighted by Crippen LogP contribution is -2.47. The molecule has 0 aromatic heterocycles. The molecule has 4 nitrogen and oxygen atoms in total. The molecule has 5 atom stereocenters. The van der Waals surface area contributed by atoms with Gasteiger partial charge in [-0.1, -0.05) is 50.5 Å². The van der Waals surface area contributed by atoms with Gasteiger partial charge in [0.2, 0.25) is 0 Å². The Kier molecular flexibility index (Phi) is 9.72. The summed E-state index contributed by atoms with van der Waals surface area (Å²) >= 11 is 0. The summed E-state index contributed by atoms with van der Waals surface area (Å²) in [5, 5.41) is 0. The molecule has 0 radical (unpaired) electrons. The highest BCUT2D eigenvalue weighted by molar-refractivity contribution is 5.89. The summed E-state index contributed by atoms with van der Waals surface area (Å²) in [5.41, 5.74) is 0.556. The molecule has 1 aliphatic heterocycles. The molecule has 0 bridgehead atoms. The number of hydrogen-bond donors (Lipinski definition) is 0. The highest BCUT2D eigenvalue weighted by Gasteiger charge is 2.38. The third kappa shape index (κ3) is 7.40. The van der Waals surface area contributed by atoms with Crippen molar-refractivity contribution >= 4 is 5.97 Å². The van der Waals surface area contributed by atoms with Crippen LogP contribution in [0.5, 0.6) is 0 Å². The minimum Gasteiger partial charge on any atom is -0.453 e. The highest BCUT2D eigenvalue weighted by Crippen LogP contribution is 2.29. The van der Waals surface area contributed by atoms with E-state index in [0.717, 1.165) is 25.7 Å². The van der Waals surface area contributed by atoms with Crippen LogP contribution >= 0.6 is 0 Å². The fraction of sp³-hybridized carbons (Fsp3) is 0.625. The van der Waals surface area contributed by atoms with Crippen molar-refractivity contribution in [1.29, 1.82) is 0 Å². The summed E-state index contributed by atoms with van der Waals surface area (Å²) in [7, 11) is 0. The highest BCUT2D eigenvalue weighted by atomic mass is 16.7. The van der Waals surface area contributed by atoms with E-state index in [0.29, 0.717) is 11.5 Å². The zero-order valence-corrected chi connectivity index (χ0v) is 17.6. The number of allylic oxidation sites excluding steroid dienone is 1. The molecule has 1 fully saturated rings. The zero-order valence-electron chi connectivity index (χ0n) is 17.6. The van der Waals surface area contributed by atoms with Crippen molar-refractivity contribution in [3.05, 3.63) is 48.6 Å². The van der Waals surface area contributed by atoms with E-state index in [9.17, 15) is 4.79 Å². The van der Waals surface area contributed by atoms with Gasteiger partial charge in [-0.05, 0) is 57.6 Å². The van der Waals surface area contributed by atoms with Crippen molar-refractivity contribution < 1.29 is 19.0 Å². The van der Waals surface area contributed by atoms with E-state index in [1.807, 2.05) is 24.3 Å². The van der Waals surface area contributed by atoms with Gasteiger partial charge < -0.3 is 14.2 Å². The molecule has 1 heterocycles. The fourth-order valence-electron chi connectivity index (χ4n) is 3.48. The Morgan fingerprint density at radius 2 is 1.93 bits per heavy atom. The van der Waals surface area contributed by atoms with E-state index in [1.54, 1.807) is 12.1 Å². The molecule has 4 heteroatoms. The summed E-state index contributed by atoms with van der Waals surface area (Å²) in [5.74, 6) is -0.00647. The molecule has 1 saturated heterocycles. The quantitative estimate of drug-likeness (QED) is 0.268. The molecule has 0 N–H and O–H groups in total. The second-order valence-corrected chi connectivity index (χ2v) is 7.96. The molecule has 1 aromatic carbocycles. The third-order valence-corrected chi connectivity index (χ3v) is 5.46. The van der Waals surface area contributed by atoms with Gasteiger partial charge in [0.25, 0.3) is 0 Å². The summed E-state index contributed by atoms with van der Waals surface area (Å²) < 4.78 is 18.0. The van der Waals surface area contributed by atoms with E-state index >= 15 is 0 Å². The lowest BCUT2D eigenvalue weighted by molar-refractivity contribution is -0.263. The zero-order chi connectivity index (χ0) is 20.4. The third-order valence-electron chi connectivity index (χ3n) is 5.46. The van der Waals surface area contributed by atoms with Crippen molar-refractivity contribution in [3.63, 3.8) is 0 Å². The lowest BCUT2D eigenvalue weighted by Gasteiger charge is -2.39. The van der Waals surface area contributed by atoms with Crippen LogP contribution in [0.3, 0.4) is 0 Å². The molecule has 0 saturated carbocycles. The van der Waals surface area contributed by atoms with Crippen LogP contribution in [-0.4, -0.2) is 30.6 Å². The minimum atomic E-state index is -0.505. The monoisotopic (exact) mass is 388 g/mol.